The lowest BCUT2D eigenvalue weighted by Crippen LogP contribution is -2.48. The van der Waals surface area contributed by atoms with E-state index in [-0.39, 0.29) is 12.1 Å². The first-order chi connectivity index (χ1) is 8.08. The quantitative estimate of drug-likeness (QED) is 0.547. The molecule has 0 fully saturated rings. The number of hydrogen-bond donors (Lipinski definition) is 2. The van der Waals surface area contributed by atoms with Gasteiger partial charge < -0.3 is 15.3 Å². The molecule has 3 heteroatoms. The zero-order valence-corrected chi connectivity index (χ0v) is 12.3. The first kappa shape index (κ1) is 16.9. The van der Waals surface area contributed by atoms with E-state index < -0.39 is 0 Å². The van der Waals surface area contributed by atoms with Crippen molar-refractivity contribution in [2.24, 2.45) is 0 Å². The summed E-state index contributed by atoms with van der Waals surface area (Å²) >= 11 is 0. The van der Waals surface area contributed by atoms with Crippen LogP contribution in [0.1, 0.15) is 52.9 Å². The van der Waals surface area contributed by atoms with Gasteiger partial charge in [0.1, 0.15) is 0 Å². The predicted octanol–water partition coefficient (Wildman–Crippen LogP) is 2.25. The summed E-state index contributed by atoms with van der Waals surface area (Å²) in [6.07, 6.45) is 6.00. The minimum absolute atomic E-state index is 0.116. The standard InChI is InChI=1S/C14H32N2O/c1-5-7-8-11-16(4)12-9-14(3,13-17)15-10-6-2/h15,17H,5-13H2,1-4H3. The third-order valence-corrected chi connectivity index (χ3v) is 3.34. The molecule has 1 atom stereocenters. The molecule has 0 heterocycles. The third kappa shape index (κ3) is 8.58. The smallest absolute Gasteiger partial charge is 0.0611 e. The largest absolute Gasteiger partial charge is 0.394 e. The average molecular weight is 244 g/mol. The van der Waals surface area contributed by atoms with Crippen LogP contribution in [0.4, 0.5) is 0 Å². The van der Waals surface area contributed by atoms with Crippen molar-refractivity contribution in [2.75, 3.05) is 33.3 Å². The van der Waals surface area contributed by atoms with Crippen LogP contribution in [0.5, 0.6) is 0 Å². The maximum atomic E-state index is 9.46. The molecule has 0 aromatic rings. The second-order valence-corrected chi connectivity index (χ2v) is 5.41. The van der Waals surface area contributed by atoms with Gasteiger partial charge in [0.15, 0.2) is 0 Å². The van der Waals surface area contributed by atoms with Crippen LogP contribution in [0, 0.1) is 0 Å². The highest BCUT2D eigenvalue weighted by molar-refractivity contribution is 4.82. The van der Waals surface area contributed by atoms with Gasteiger partial charge >= 0.3 is 0 Å². The fourth-order valence-electron chi connectivity index (χ4n) is 1.83. The Bertz CT molecular complexity index is 176. The van der Waals surface area contributed by atoms with Crippen LogP contribution in [0.15, 0.2) is 0 Å². The number of unbranched alkanes of at least 4 members (excludes halogenated alkanes) is 2. The van der Waals surface area contributed by atoms with Gasteiger partial charge in [0, 0.05) is 5.54 Å². The molecule has 0 amide bonds. The Kier molecular flexibility index (Phi) is 9.79. The van der Waals surface area contributed by atoms with Crippen molar-refractivity contribution in [1.29, 1.82) is 0 Å². The molecule has 0 spiro atoms. The highest BCUT2D eigenvalue weighted by atomic mass is 16.3. The molecular weight excluding hydrogens is 212 g/mol. The molecule has 0 saturated carbocycles. The lowest BCUT2D eigenvalue weighted by atomic mass is 9.98. The molecule has 0 rings (SSSR count). The second-order valence-electron chi connectivity index (χ2n) is 5.41. The van der Waals surface area contributed by atoms with Crippen LogP contribution in [0.3, 0.4) is 0 Å². The number of aliphatic hydroxyl groups excluding tert-OH is 1. The molecule has 0 aliphatic heterocycles. The van der Waals surface area contributed by atoms with Crippen LogP contribution < -0.4 is 5.32 Å². The van der Waals surface area contributed by atoms with Crippen molar-refractivity contribution in [1.82, 2.24) is 10.2 Å². The van der Waals surface area contributed by atoms with E-state index in [1.807, 2.05) is 0 Å². The molecule has 104 valence electrons. The fourth-order valence-corrected chi connectivity index (χ4v) is 1.83. The van der Waals surface area contributed by atoms with Gasteiger partial charge in [-0.1, -0.05) is 26.7 Å². The second kappa shape index (κ2) is 9.86. The summed E-state index contributed by atoms with van der Waals surface area (Å²) in [6, 6.07) is 0. The Morgan fingerprint density at radius 3 is 2.35 bits per heavy atom. The molecule has 0 bridgehead atoms. The van der Waals surface area contributed by atoms with Gasteiger partial charge in [0.2, 0.25) is 0 Å². The maximum absolute atomic E-state index is 9.46. The van der Waals surface area contributed by atoms with Crippen molar-refractivity contribution < 1.29 is 5.11 Å². The van der Waals surface area contributed by atoms with Crippen molar-refractivity contribution >= 4 is 0 Å². The Morgan fingerprint density at radius 2 is 1.82 bits per heavy atom. The van der Waals surface area contributed by atoms with Gasteiger partial charge in [-0.05, 0) is 52.9 Å². The van der Waals surface area contributed by atoms with Gasteiger partial charge in [0.05, 0.1) is 6.61 Å². The minimum Gasteiger partial charge on any atom is -0.394 e. The molecule has 1 unspecified atom stereocenters. The summed E-state index contributed by atoms with van der Waals surface area (Å²) in [4.78, 5) is 2.37. The summed E-state index contributed by atoms with van der Waals surface area (Å²) in [6.45, 7) is 9.93. The SMILES string of the molecule is CCCCCN(C)CCC(C)(CO)NCCC. The van der Waals surface area contributed by atoms with Crippen LogP contribution >= 0.6 is 0 Å². The fraction of sp³-hybridized carbons (Fsp3) is 1.00. The summed E-state index contributed by atoms with van der Waals surface area (Å²) < 4.78 is 0. The van der Waals surface area contributed by atoms with Crippen molar-refractivity contribution in [3.63, 3.8) is 0 Å². The van der Waals surface area contributed by atoms with Gasteiger partial charge in [0.25, 0.3) is 0 Å². The van der Waals surface area contributed by atoms with E-state index in [4.69, 9.17) is 0 Å². The zero-order chi connectivity index (χ0) is 13.1. The lowest BCUT2D eigenvalue weighted by molar-refractivity contribution is 0.151. The Hall–Kier alpha value is -0.120. The van der Waals surface area contributed by atoms with Crippen LogP contribution in [-0.4, -0.2) is 48.8 Å². The van der Waals surface area contributed by atoms with Crippen LogP contribution in [0.25, 0.3) is 0 Å². The lowest BCUT2D eigenvalue weighted by Gasteiger charge is -2.31. The predicted molar refractivity (Wildman–Crippen MR) is 75.4 cm³/mol. The van der Waals surface area contributed by atoms with Gasteiger partial charge in [-0.25, -0.2) is 0 Å². The van der Waals surface area contributed by atoms with Crippen LogP contribution in [-0.2, 0) is 0 Å². The summed E-state index contributed by atoms with van der Waals surface area (Å²) in [7, 11) is 2.17. The first-order valence-electron chi connectivity index (χ1n) is 7.12. The molecule has 0 aromatic carbocycles. The van der Waals surface area contributed by atoms with Crippen molar-refractivity contribution in [2.45, 2.75) is 58.4 Å². The molecule has 2 N–H and O–H groups in total. The molecule has 0 aliphatic carbocycles. The monoisotopic (exact) mass is 244 g/mol. The van der Waals surface area contributed by atoms with E-state index in [2.05, 4.69) is 38.0 Å². The van der Waals surface area contributed by atoms with E-state index in [1.165, 1.54) is 25.8 Å². The number of nitrogens with one attached hydrogen (secondary N) is 1. The van der Waals surface area contributed by atoms with Crippen molar-refractivity contribution in [3.05, 3.63) is 0 Å². The Labute approximate surface area is 108 Å². The molecule has 0 aromatic heterocycles. The number of aliphatic hydroxyl groups is 1. The highest BCUT2D eigenvalue weighted by Crippen LogP contribution is 2.10. The number of hydrogen-bond acceptors (Lipinski definition) is 3. The first-order valence-corrected chi connectivity index (χ1v) is 7.12. The van der Waals surface area contributed by atoms with E-state index in [9.17, 15) is 5.11 Å². The highest BCUT2D eigenvalue weighted by Gasteiger charge is 2.22. The van der Waals surface area contributed by atoms with Gasteiger partial charge in [-0.2, -0.15) is 0 Å². The zero-order valence-electron chi connectivity index (χ0n) is 12.3. The maximum Gasteiger partial charge on any atom is 0.0611 e. The van der Waals surface area contributed by atoms with E-state index in [0.717, 1.165) is 25.9 Å². The molecule has 17 heavy (non-hydrogen) atoms. The molecular formula is C14H32N2O. The summed E-state index contributed by atoms with van der Waals surface area (Å²) in [5.41, 5.74) is -0.116. The minimum atomic E-state index is -0.116. The number of rotatable bonds is 11. The number of nitrogens with zero attached hydrogens (tertiary/aromatic N) is 1. The average Bonchev–Trinajstić information content (AvgIpc) is 2.34. The third-order valence-electron chi connectivity index (χ3n) is 3.34. The topological polar surface area (TPSA) is 35.5 Å². The Balaban J connectivity index is 3.79. The van der Waals surface area contributed by atoms with E-state index in [0.29, 0.717) is 0 Å². The van der Waals surface area contributed by atoms with Gasteiger partial charge in [-0.15, -0.1) is 0 Å². The van der Waals surface area contributed by atoms with Crippen molar-refractivity contribution in [3.8, 4) is 0 Å². The summed E-state index contributed by atoms with van der Waals surface area (Å²) in [5, 5.41) is 12.9. The molecule has 0 saturated heterocycles. The van der Waals surface area contributed by atoms with Crippen LogP contribution in [0.2, 0.25) is 0 Å². The molecule has 0 aliphatic rings. The van der Waals surface area contributed by atoms with E-state index in [1.54, 1.807) is 0 Å². The summed E-state index contributed by atoms with van der Waals surface area (Å²) in [5.74, 6) is 0. The molecule has 3 nitrogen and oxygen atoms in total. The normalized spacial score (nSPS) is 15.2. The van der Waals surface area contributed by atoms with Gasteiger partial charge in [-0.3, -0.25) is 0 Å². The molecule has 0 radical (unpaired) electrons. The Morgan fingerprint density at radius 1 is 1.12 bits per heavy atom. The van der Waals surface area contributed by atoms with E-state index >= 15 is 0 Å².